The minimum atomic E-state index is -0.0586. The van der Waals surface area contributed by atoms with Crippen molar-refractivity contribution >= 4 is 29.9 Å². The van der Waals surface area contributed by atoms with Crippen LogP contribution in [-0.2, 0) is 0 Å². The highest BCUT2D eigenvalue weighted by molar-refractivity contribution is 6.30. The van der Waals surface area contributed by atoms with E-state index in [0.29, 0.717) is 23.7 Å². The molecule has 6 heteroatoms. The summed E-state index contributed by atoms with van der Waals surface area (Å²) in [4.78, 5) is 12.2. The molecule has 22 heavy (non-hydrogen) atoms. The van der Waals surface area contributed by atoms with Gasteiger partial charge in [-0.3, -0.25) is 4.79 Å². The largest absolute Gasteiger partial charge is 0.352 e. The molecule has 2 aromatic rings. The van der Waals surface area contributed by atoms with Gasteiger partial charge in [0.15, 0.2) is 0 Å². The average molecular weight is 342 g/mol. The Morgan fingerprint density at radius 2 is 1.91 bits per heavy atom. The molecule has 120 valence electrons. The lowest BCUT2D eigenvalue weighted by molar-refractivity contribution is 0.0953. The molecular weight excluding hydrogens is 321 g/mol. The van der Waals surface area contributed by atoms with E-state index in [2.05, 4.69) is 5.32 Å². The van der Waals surface area contributed by atoms with Crippen molar-refractivity contribution in [2.75, 3.05) is 13.1 Å². The van der Waals surface area contributed by atoms with Crippen molar-refractivity contribution in [2.45, 2.75) is 20.3 Å². The number of hydrogen-bond acceptors (Lipinski definition) is 2. The number of halogens is 2. The second kappa shape index (κ2) is 8.22. The lowest BCUT2D eigenvalue weighted by Crippen LogP contribution is -2.26. The number of benzene rings is 1. The van der Waals surface area contributed by atoms with Crippen LogP contribution in [0.4, 0.5) is 0 Å². The number of aryl methyl sites for hydroxylation is 1. The van der Waals surface area contributed by atoms with E-state index in [-0.39, 0.29) is 18.3 Å². The van der Waals surface area contributed by atoms with Crippen molar-refractivity contribution in [3.05, 3.63) is 52.3 Å². The van der Waals surface area contributed by atoms with Crippen LogP contribution in [0.2, 0.25) is 5.02 Å². The van der Waals surface area contributed by atoms with Gasteiger partial charge in [0, 0.05) is 28.6 Å². The number of amides is 1. The van der Waals surface area contributed by atoms with Crippen LogP contribution in [0.1, 0.15) is 28.2 Å². The van der Waals surface area contributed by atoms with Crippen LogP contribution in [0, 0.1) is 13.8 Å². The molecule has 1 aromatic carbocycles. The molecule has 0 fully saturated rings. The van der Waals surface area contributed by atoms with Crippen LogP contribution in [0.25, 0.3) is 5.69 Å². The van der Waals surface area contributed by atoms with E-state index in [4.69, 9.17) is 17.3 Å². The van der Waals surface area contributed by atoms with E-state index in [0.717, 1.165) is 23.5 Å². The smallest absolute Gasteiger partial charge is 0.253 e. The summed E-state index contributed by atoms with van der Waals surface area (Å²) in [6.07, 6.45) is 0.779. The number of nitrogens with zero attached hydrogens (tertiary/aromatic N) is 1. The quantitative estimate of drug-likeness (QED) is 0.820. The first kappa shape index (κ1) is 18.6. The Labute approximate surface area is 142 Å². The molecule has 0 radical (unpaired) electrons. The maximum absolute atomic E-state index is 12.2. The van der Waals surface area contributed by atoms with Gasteiger partial charge in [-0.25, -0.2) is 0 Å². The zero-order valence-electron chi connectivity index (χ0n) is 12.7. The third-order valence-electron chi connectivity index (χ3n) is 3.43. The summed E-state index contributed by atoms with van der Waals surface area (Å²) in [7, 11) is 0. The number of nitrogens with two attached hydrogens (primary N) is 1. The molecule has 3 N–H and O–H groups in total. The monoisotopic (exact) mass is 341 g/mol. The molecule has 2 rings (SSSR count). The third kappa shape index (κ3) is 4.03. The fraction of sp³-hybridized carbons (Fsp3) is 0.312. The Kier molecular flexibility index (Phi) is 6.94. The molecule has 0 aliphatic rings. The van der Waals surface area contributed by atoms with Gasteiger partial charge in [0.25, 0.3) is 5.91 Å². The van der Waals surface area contributed by atoms with E-state index in [1.165, 1.54) is 0 Å². The average Bonchev–Trinajstić information content (AvgIpc) is 2.76. The summed E-state index contributed by atoms with van der Waals surface area (Å²) in [6, 6.07) is 9.48. The van der Waals surface area contributed by atoms with Gasteiger partial charge < -0.3 is 15.6 Å². The van der Waals surface area contributed by atoms with Gasteiger partial charge in [-0.05, 0) is 57.1 Å². The third-order valence-corrected chi connectivity index (χ3v) is 3.68. The second-order valence-electron chi connectivity index (χ2n) is 4.99. The van der Waals surface area contributed by atoms with Crippen molar-refractivity contribution in [1.82, 2.24) is 9.88 Å². The van der Waals surface area contributed by atoms with Crippen molar-refractivity contribution in [3.8, 4) is 5.69 Å². The number of hydrogen-bond donors (Lipinski definition) is 2. The molecular formula is C16H21Cl2N3O. The van der Waals surface area contributed by atoms with E-state index < -0.39 is 0 Å². The van der Waals surface area contributed by atoms with Gasteiger partial charge in [-0.1, -0.05) is 11.6 Å². The van der Waals surface area contributed by atoms with E-state index >= 15 is 0 Å². The molecule has 0 bridgehead atoms. The normalized spacial score (nSPS) is 10.2. The minimum absolute atomic E-state index is 0. The van der Waals surface area contributed by atoms with Crippen LogP contribution >= 0.6 is 24.0 Å². The summed E-state index contributed by atoms with van der Waals surface area (Å²) in [5.41, 5.74) is 9.05. The summed E-state index contributed by atoms with van der Waals surface area (Å²) in [5.74, 6) is -0.0586. The Morgan fingerprint density at radius 3 is 2.50 bits per heavy atom. The van der Waals surface area contributed by atoms with Gasteiger partial charge in [-0.15, -0.1) is 12.4 Å². The van der Waals surface area contributed by atoms with Crippen LogP contribution in [0.3, 0.4) is 0 Å². The second-order valence-corrected chi connectivity index (χ2v) is 5.43. The first-order valence-electron chi connectivity index (χ1n) is 6.97. The highest BCUT2D eigenvalue weighted by atomic mass is 35.5. The van der Waals surface area contributed by atoms with Crippen LogP contribution in [-0.4, -0.2) is 23.6 Å². The van der Waals surface area contributed by atoms with Crippen molar-refractivity contribution in [1.29, 1.82) is 0 Å². The number of nitrogens with one attached hydrogen (secondary N) is 1. The highest BCUT2D eigenvalue weighted by Gasteiger charge is 2.16. The van der Waals surface area contributed by atoms with Crippen molar-refractivity contribution < 1.29 is 4.79 Å². The standard InChI is InChI=1S/C16H20ClN3O.ClH/c1-11-10-15(16(21)19-9-3-8-18)12(2)20(11)14-6-4-13(17)5-7-14;/h4-7,10H,3,8-9,18H2,1-2H3,(H,19,21);1H. The molecule has 0 unspecified atom stereocenters. The first-order valence-corrected chi connectivity index (χ1v) is 7.35. The first-order chi connectivity index (χ1) is 10.0. The lowest BCUT2D eigenvalue weighted by atomic mass is 10.2. The molecule has 1 aromatic heterocycles. The number of carbonyl (C=O) groups excluding carboxylic acids is 1. The molecule has 0 saturated heterocycles. The SMILES string of the molecule is Cc1cc(C(=O)NCCCN)c(C)n1-c1ccc(Cl)cc1.Cl. The predicted octanol–water partition coefficient (Wildman–Crippen LogP) is 3.25. The molecule has 0 atom stereocenters. The fourth-order valence-corrected chi connectivity index (χ4v) is 2.51. The van der Waals surface area contributed by atoms with Crippen molar-refractivity contribution in [2.24, 2.45) is 5.73 Å². The number of aromatic nitrogens is 1. The van der Waals surface area contributed by atoms with Gasteiger partial charge in [-0.2, -0.15) is 0 Å². The van der Waals surface area contributed by atoms with Crippen molar-refractivity contribution in [3.63, 3.8) is 0 Å². The Bertz CT molecular complexity index is 636. The maximum Gasteiger partial charge on any atom is 0.253 e. The molecule has 0 spiro atoms. The van der Waals surface area contributed by atoms with Gasteiger partial charge in [0.1, 0.15) is 0 Å². The van der Waals surface area contributed by atoms with Crippen LogP contribution in [0.5, 0.6) is 0 Å². The van der Waals surface area contributed by atoms with Gasteiger partial charge in [0.05, 0.1) is 5.56 Å². The molecule has 0 aliphatic carbocycles. The van der Waals surface area contributed by atoms with Gasteiger partial charge in [0.2, 0.25) is 0 Å². The molecule has 0 aliphatic heterocycles. The van der Waals surface area contributed by atoms with E-state index in [1.807, 2.05) is 48.7 Å². The zero-order chi connectivity index (χ0) is 15.4. The van der Waals surface area contributed by atoms with Crippen LogP contribution < -0.4 is 11.1 Å². The van der Waals surface area contributed by atoms with E-state index in [1.54, 1.807) is 0 Å². The highest BCUT2D eigenvalue weighted by Crippen LogP contribution is 2.22. The fourth-order valence-electron chi connectivity index (χ4n) is 2.38. The predicted molar refractivity (Wildman–Crippen MR) is 93.5 cm³/mol. The molecule has 1 amide bonds. The Hall–Kier alpha value is -1.49. The number of carbonyl (C=O) groups is 1. The van der Waals surface area contributed by atoms with Gasteiger partial charge >= 0.3 is 0 Å². The lowest BCUT2D eigenvalue weighted by Gasteiger charge is -2.10. The summed E-state index contributed by atoms with van der Waals surface area (Å²) >= 11 is 5.92. The summed E-state index contributed by atoms with van der Waals surface area (Å²) in [6.45, 7) is 5.10. The topological polar surface area (TPSA) is 60.1 Å². The minimum Gasteiger partial charge on any atom is -0.352 e. The summed E-state index contributed by atoms with van der Waals surface area (Å²) in [5, 5.41) is 3.58. The molecule has 4 nitrogen and oxygen atoms in total. The summed E-state index contributed by atoms with van der Waals surface area (Å²) < 4.78 is 2.05. The van der Waals surface area contributed by atoms with Crippen LogP contribution in [0.15, 0.2) is 30.3 Å². The zero-order valence-corrected chi connectivity index (χ0v) is 14.3. The maximum atomic E-state index is 12.2. The van der Waals surface area contributed by atoms with E-state index in [9.17, 15) is 4.79 Å². The molecule has 0 saturated carbocycles. The molecule has 1 heterocycles. The Morgan fingerprint density at radius 1 is 1.27 bits per heavy atom. The Balaban J connectivity index is 0.00000242. The number of rotatable bonds is 5.